The van der Waals surface area contributed by atoms with Crippen LogP contribution in [0.1, 0.15) is 25.7 Å². The molecule has 0 aliphatic heterocycles. The van der Waals surface area contributed by atoms with Gasteiger partial charge in [-0.3, -0.25) is 0 Å². The molecule has 2 aliphatic rings. The Morgan fingerprint density at radius 1 is 1.21 bits per heavy atom. The number of anilines is 1. The topological polar surface area (TPSA) is 29.0 Å². The van der Waals surface area contributed by atoms with Crippen molar-refractivity contribution in [3.8, 4) is 0 Å². The molecule has 3 nitrogen and oxygen atoms in total. The van der Waals surface area contributed by atoms with Gasteiger partial charge in [-0.25, -0.2) is 9.97 Å². The van der Waals surface area contributed by atoms with Crippen LogP contribution in [0.2, 0.25) is 5.28 Å². The lowest BCUT2D eigenvalue weighted by Crippen LogP contribution is -2.28. The molecule has 0 bridgehead atoms. The molecular weight excluding hydrogens is 198 g/mol. The fraction of sp³-hybridized carbons (Fsp3) is 0.600. The molecule has 4 heteroatoms. The predicted molar refractivity (Wildman–Crippen MR) is 55.6 cm³/mol. The quantitative estimate of drug-likeness (QED) is 0.716. The van der Waals surface area contributed by atoms with E-state index in [0.717, 1.165) is 5.82 Å². The van der Waals surface area contributed by atoms with Crippen LogP contribution in [-0.4, -0.2) is 22.1 Å². The summed E-state index contributed by atoms with van der Waals surface area (Å²) in [6.45, 7) is 0. The molecule has 0 unspecified atom stereocenters. The highest BCUT2D eigenvalue weighted by Crippen LogP contribution is 2.39. The third kappa shape index (κ3) is 1.57. The van der Waals surface area contributed by atoms with Gasteiger partial charge in [-0.05, 0) is 43.4 Å². The molecule has 0 saturated heterocycles. The van der Waals surface area contributed by atoms with Crippen LogP contribution in [0.15, 0.2) is 12.3 Å². The first-order valence-electron chi connectivity index (χ1n) is 5.11. The number of halogens is 1. The second kappa shape index (κ2) is 3.09. The molecule has 0 aromatic carbocycles. The van der Waals surface area contributed by atoms with Crippen molar-refractivity contribution in [2.75, 3.05) is 4.90 Å². The molecule has 2 fully saturated rings. The van der Waals surface area contributed by atoms with Crippen molar-refractivity contribution in [3.05, 3.63) is 17.5 Å². The zero-order chi connectivity index (χ0) is 9.54. The van der Waals surface area contributed by atoms with E-state index in [0.29, 0.717) is 17.4 Å². The molecule has 3 rings (SSSR count). The van der Waals surface area contributed by atoms with Crippen LogP contribution in [0, 0.1) is 0 Å². The highest BCUT2D eigenvalue weighted by Gasteiger charge is 2.39. The van der Waals surface area contributed by atoms with Gasteiger partial charge >= 0.3 is 0 Å². The summed E-state index contributed by atoms with van der Waals surface area (Å²) >= 11 is 5.79. The first-order chi connectivity index (χ1) is 6.84. The summed E-state index contributed by atoms with van der Waals surface area (Å²) in [6.07, 6.45) is 6.95. The summed E-state index contributed by atoms with van der Waals surface area (Å²) in [4.78, 5) is 10.6. The van der Waals surface area contributed by atoms with Crippen molar-refractivity contribution >= 4 is 17.4 Å². The van der Waals surface area contributed by atoms with Crippen molar-refractivity contribution in [1.82, 2.24) is 9.97 Å². The van der Waals surface area contributed by atoms with Crippen LogP contribution in [0.25, 0.3) is 0 Å². The third-order valence-corrected chi connectivity index (χ3v) is 2.94. The minimum absolute atomic E-state index is 0.355. The molecule has 2 aliphatic carbocycles. The maximum Gasteiger partial charge on any atom is 0.224 e. The molecular formula is C10H12ClN3. The van der Waals surface area contributed by atoms with E-state index in [1.807, 2.05) is 6.07 Å². The Morgan fingerprint density at radius 3 is 2.36 bits per heavy atom. The Labute approximate surface area is 88.1 Å². The van der Waals surface area contributed by atoms with E-state index in [9.17, 15) is 0 Å². The van der Waals surface area contributed by atoms with Crippen molar-refractivity contribution in [3.63, 3.8) is 0 Å². The standard InChI is InChI=1S/C10H12ClN3/c11-10-12-6-5-9(13-10)14(7-1-2-7)8-3-4-8/h5-8H,1-4H2. The minimum atomic E-state index is 0.355. The fourth-order valence-corrected chi connectivity index (χ4v) is 1.99. The lowest BCUT2D eigenvalue weighted by atomic mass is 10.4. The molecule has 14 heavy (non-hydrogen) atoms. The molecule has 1 heterocycles. The Morgan fingerprint density at radius 2 is 1.86 bits per heavy atom. The van der Waals surface area contributed by atoms with E-state index in [-0.39, 0.29) is 0 Å². The van der Waals surface area contributed by atoms with E-state index in [1.165, 1.54) is 25.7 Å². The number of hydrogen-bond donors (Lipinski definition) is 0. The molecule has 0 amide bonds. The Kier molecular flexibility index (Phi) is 1.87. The van der Waals surface area contributed by atoms with Gasteiger partial charge in [0.25, 0.3) is 0 Å². The average molecular weight is 210 g/mol. The molecule has 0 atom stereocenters. The van der Waals surface area contributed by atoms with Gasteiger partial charge in [0.1, 0.15) is 5.82 Å². The predicted octanol–water partition coefficient (Wildman–Crippen LogP) is 2.26. The molecule has 1 aromatic heterocycles. The third-order valence-electron chi connectivity index (χ3n) is 2.76. The summed E-state index contributed by atoms with van der Waals surface area (Å²) in [7, 11) is 0. The van der Waals surface area contributed by atoms with Crippen LogP contribution in [0.5, 0.6) is 0 Å². The fourth-order valence-electron chi connectivity index (χ4n) is 1.85. The first-order valence-corrected chi connectivity index (χ1v) is 5.49. The first kappa shape index (κ1) is 8.48. The lowest BCUT2D eigenvalue weighted by Gasteiger charge is -2.22. The molecule has 2 saturated carbocycles. The van der Waals surface area contributed by atoms with Gasteiger partial charge in [0.2, 0.25) is 5.28 Å². The lowest BCUT2D eigenvalue weighted by molar-refractivity contribution is 0.770. The largest absolute Gasteiger partial charge is 0.351 e. The molecule has 0 radical (unpaired) electrons. The van der Waals surface area contributed by atoms with Gasteiger partial charge in [-0.1, -0.05) is 0 Å². The number of aromatic nitrogens is 2. The van der Waals surface area contributed by atoms with E-state index < -0.39 is 0 Å². The molecule has 1 aromatic rings. The maximum absolute atomic E-state index is 5.79. The minimum Gasteiger partial charge on any atom is -0.351 e. The van der Waals surface area contributed by atoms with E-state index in [2.05, 4.69) is 14.9 Å². The Balaban J connectivity index is 1.89. The van der Waals surface area contributed by atoms with Gasteiger partial charge in [0.05, 0.1) is 0 Å². The SMILES string of the molecule is Clc1nccc(N(C2CC2)C2CC2)n1. The summed E-state index contributed by atoms with van der Waals surface area (Å²) in [6, 6.07) is 3.39. The van der Waals surface area contributed by atoms with Crippen LogP contribution >= 0.6 is 11.6 Å². The average Bonchev–Trinajstić information content (AvgIpc) is 2.98. The van der Waals surface area contributed by atoms with Crippen LogP contribution in [0.3, 0.4) is 0 Å². The maximum atomic E-state index is 5.79. The second-order valence-corrected chi connectivity index (χ2v) is 4.39. The Bertz CT molecular complexity index is 335. The zero-order valence-electron chi connectivity index (χ0n) is 7.86. The van der Waals surface area contributed by atoms with Gasteiger partial charge in [-0.15, -0.1) is 0 Å². The molecule has 74 valence electrons. The summed E-state index contributed by atoms with van der Waals surface area (Å²) in [5.74, 6) is 1.01. The normalized spacial score (nSPS) is 20.9. The second-order valence-electron chi connectivity index (χ2n) is 4.05. The van der Waals surface area contributed by atoms with Crippen molar-refractivity contribution in [2.45, 2.75) is 37.8 Å². The van der Waals surface area contributed by atoms with E-state index in [4.69, 9.17) is 11.6 Å². The van der Waals surface area contributed by atoms with Crippen molar-refractivity contribution in [1.29, 1.82) is 0 Å². The molecule has 0 spiro atoms. The van der Waals surface area contributed by atoms with E-state index >= 15 is 0 Å². The van der Waals surface area contributed by atoms with Crippen molar-refractivity contribution < 1.29 is 0 Å². The van der Waals surface area contributed by atoms with E-state index in [1.54, 1.807) is 6.20 Å². The monoisotopic (exact) mass is 209 g/mol. The zero-order valence-corrected chi connectivity index (χ0v) is 8.61. The highest BCUT2D eigenvalue weighted by molar-refractivity contribution is 6.28. The van der Waals surface area contributed by atoms with Gasteiger partial charge in [0.15, 0.2) is 0 Å². The Hall–Kier alpha value is -0.830. The van der Waals surface area contributed by atoms with Crippen LogP contribution in [-0.2, 0) is 0 Å². The highest BCUT2D eigenvalue weighted by atomic mass is 35.5. The van der Waals surface area contributed by atoms with Crippen LogP contribution < -0.4 is 4.90 Å². The summed E-state index contributed by atoms with van der Waals surface area (Å²) < 4.78 is 0. The number of nitrogens with zero attached hydrogens (tertiary/aromatic N) is 3. The van der Waals surface area contributed by atoms with Gasteiger partial charge in [-0.2, -0.15) is 0 Å². The molecule has 0 N–H and O–H groups in total. The number of rotatable bonds is 3. The summed E-state index contributed by atoms with van der Waals surface area (Å²) in [5, 5.41) is 0.355. The van der Waals surface area contributed by atoms with Gasteiger partial charge < -0.3 is 4.90 Å². The summed E-state index contributed by atoms with van der Waals surface area (Å²) in [5.41, 5.74) is 0. The number of hydrogen-bond acceptors (Lipinski definition) is 3. The smallest absolute Gasteiger partial charge is 0.224 e. The van der Waals surface area contributed by atoms with Crippen molar-refractivity contribution in [2.24, 2.45) is 0 Å². The van der Waals surface area contributed by atoms with Crippen LogP contribution in [0.4, 0.5) is 5.82 Å². The van der Waals surface area contributed by atoms with Gasteiger partial charge in [0, 0.05) is 18.3 Å².